The zero-order chi connectivity index (χ0) is 12.0. The van der Waals surface area contributed by atoms with Crippen LogP contribution in [0.2, 0.25) is 0 Å². The minimum atomic E-state index is 0.0204. The monoisotopic (exact) mass is 281 g/mol. The zero-order valence-corrected chi connectivity index (χ0v) is 11.2. The number of benzene rings is 1. The van der Waals surface area contributed by atoms with Gasteiger partial charge in [-0.15, -0.1) is 0 Å². The summed E-state index contributed by atoms with van der Waals surface area (Å²) in [6.45, 7) is 4.30. The fourth-order valence-electron chi connectivity index (χ4n) is 1.35. The van der Waals surface area contributed by atoms with E-state index in [1.54, 1.807) is 0 Å². The second kappa shape index (κ2) is 6.48. The van der Waals surface area contributed by atoms with Crippen LogP contribution in [0, 0.1) is 6.92 Å². The van der Waals surface area contributed by atoms with Crippen LogP contribution in [0.4, 0.5) is 0 Å². The highest BCUT2D eigenvalue weighted by molar-refractivity contribution is 9.10. The molecule has 1 aromatic rings. The van der Waals surface area contributed by atoms with Crippen LogP contribution in [0.5, 0.6) is 0 Å². The largest absolute Gasteiger partial charge is 0.356 e. The number of rotatable bonds is 4. The second-order valence-corrected chi connectivity index (χ2v) is 4.48. The molecule has 1 amide bonds. The summed E-state index contributed by atoms with van der Waals surface area (Å²) in [4.78, 5) is 10.6. The van der Waals surface area contributed by atoms with Crippen molar-refractivity contribution in [3.63, 3.8) is 0 Å². The molecule has 0 aliphatic heterocycles. The molecule has 1 rings (SSSR count). The van der Waals surface area contributed by atoms with Crippen molar-refractivity contribution in [3.8, 4) is 0 Å². The van der Waals surface area contributed by atoms with Gasteiger partial charge in [0.25, 0.3) is 0 Å². The number of halogens is 1. The van der Waals surface area contributed by atoms with Crippen LogP contribution in [-0.4, -0.2) is 12.5 Å². The van der Waals surface area contributed by atoms with Crippen molar-refractivity contribution in [1.82, 2.24) is 5.32 Å². The Kier molecular flexibility index (Phi) is 5.26. The van der Waals surface area contributed by atoms with Gasteiger partial charge in [0.2, 0.25) is 5.91 Å². The van der Waals surface area contributed by atoms with Crippen molar-refractivity contribution in [2.45, 2.75) is 20.3 Å². The van der Waals surface area contributed by atoms with E-state index in [9.17, 15) is 4.79 Å². The molecular weight excluding hydrogens is 266 g/mol. The first-order chi connectivity index (χ1) is 7.61. The zero-order valence-electron chi connectivity index (χ0n) is 9.59. The molecule has 1 N–H and O–H groups in total. The number of hydrogen-bond donors (Lipinski definition) is 1. The van der Waals surface area contributed by atoms with E-state index in [4.69, 9.17) is 0 Å². The van der Waals surface area contributed by atoms with Gasteiger partial charge in [-0.25, -0.2) is 0 Å². The molecule has 3 heteroatoms. The van der Waals surface area contributed by atoms with Crippen LogP contribution in [0.15, 0.2) is 28.7 Å². The summed E-state index contributed by atoms with van der Waals surface area (Å²) in [5.74, 6) is 0.0204. The van der Waals surface area contributed by atoms with Crippen LogP contribution in [0.3, 0.4) is 0 Å². The Morgan fingerprint density at radius 1 is 1.50 bits per heavy atom. The van der Waals surface area contributed by atoms with Gasteiger partial charge in [-0.1, -0.05) is 40.2 Å². The van der Waals surface area contributed by atoms with Crippen LogP contribution in [0.1, 0.15) is 24.5 Å². The lowest BCUT2D eigenvalue weighted by Crippen LogP contribution is -2.20. The minimum absolute atomic E-state index is 0.0204. The van der Waals surface area contributed by atoms with E-state index in [1.807, 2.05) is 12.1 Å². The highest BCUT2D eigenvalue weighted by Gasteiger charge is 1.97. The van der Waals surface area contributed by atoms with Crippen LogP contribution in [0.25, 0.3) is 6.08 Å². The summed E-state index contributed by atoms with van der Waals surface area (Å²) in [5, 5.41) is 2.76. The van der Waals surface area contributed by atoms with Gasteiger partial charge in [0, 0.05) is 17.9 Å². The van der Waals surface area contributed by atoms with Gasteiger partial charge in [0.05, 0.1) is 0 Å². The normalized spacial score (nSPS) is 10.7. The summed E-state index contributed by atoms with van der Waals surface area (Å²) < 4.78 is 1.12. The fraction of sp³-hybridized carbons (Fsp3) is 0.308. The Morgan fingerprint density at radius 2 is 2.25 bits per heavy atom. The lowest BCUT2D eigenvalue weighted by molar-refractivity contribution is -0.118. The number of hydrogen-bond acceptors (Lipinski definition) is 1. The molecular formula is C13H16BrNO. The Hall–Kier alpha value is -1.09. The number of amides is 1. The van der Waals surface area contributed by atoms with E-state index in [-0.39, 0.29) is 5.91 Å². The van der Waals surface area contributed by atoms with Gasteiger partial charge in [-0.05, 0) is 30.5 Å². The summed E-state index contributed by atoms with van der Waals surface area (Å²) in [5.41, 5.74) is 2.44. The van der Waals surface area contributed by atoms with Crippen molar-refractivity contribution in [1.29, 1.82) is 0 Å². The van der Waals surface area contributed by atoms with E-state index in [0.29, 0.717) is 6.54 Å². The predicted molar refractivity (Wildman–Crippen MR) is 71.2 cm³/mol. The molecule has 0 saturated carbocycles. The van der Waals surface area contributed by atoms with Crippen LogP contribution < -0.4 is 5.32 Å². The molecule has 0 unspecified atom stereocenters. The van der Waals surface area contributed by atoms with Gasteiger partial charge < -0.3 is 5.32 Å². The Bertz CT molecular complexity index is 399. The van der Waals surface area contributed by atoms with E-state index in [1.165, 1.54) is 18.1 Å². The predicted octanol–water partition coefficient (Wildman–Crippen LogP) is 3.30. The number of nitrogens with one attached hydrogen (secondary N) is 1. The second-order valence-electron chi connectivity index (χ2n) is 3.63. The molecule has 0 bridgehead atoms. The van der Waals surface area contributed by atoms with Gasteiger partial charge in [-0.2, -0.15) is 0 Å². The molecule has 0 aliphatic rings. The third-order valence-electron chi connectivity index (χ3n) is 2.29. The lowest BCUT2D eigenvalue weighted by atomic mass is 10.1. The summed E-state index contributed by atoms with van der Waals surface area (Å²) in [7, 11) is 0. The smallest absolute Gasteiger partial charge is 0.216 e. The first kappa shape index (κ1) is 13.0. The highest BCUT2D eigenvalue weighted by atomic mass is 79.9. The van der Waals surface area contributed by atoms with Crippen molar-refractivity contribution >= 4 is 27.9 Å². The van der Waals surface area contributed by atoms with Crippen molar-refractivity contribution in [2.75, 3.05) is 6.54 Å². The third kappa shape index (κ3) is 4.19. The summed E-state index contributed by atoms with van der Waals surface area (Å²) in [6, 6.07) is 6.13. The minimum Gasteiger partial charge on any atom is -0.356 e. The molecule has 0 atom stereocenters. The third-order valence-corrected chi connectivity index (χ3v) is 3.15. The highest BCUT2D eigenvalue weighted by Crippen LogP contribution is 2.20. The first-order valence-electron chi connectivity index (χ1n) is 5.27. The maximum atomic E-state index is 10.6. The summed E-state index contributed by atoms with van der Waals surface area (Å²) >= 11 is 3.50. The molecule has 0 aliphatic carbocycles. The molecule has 16 heavy (non-hydrogen) atoms. The quantitative estimate of drug-likeness (QED) is 0.843. The maximum absolute atomic E-state index is 10.6. The molecule has 0 spiro atoms. The van der Waals surface area contributed by atoms with Crippen LogP contribution in [-0.2, 0) is 4.79 Å². The fourth-order valence-corrected chi connectivity index (χ4v) is 1.73. The standard InChI is InChI=1S/C13H16BrNO/c1-10-12(7-5-8-13(10)14)6-3-4-9-15-11(2)16/h3,5-8H,4,9H2,1-2H3,(H,15,16). The van der Waals surface area contributed by atoms with E-state index in [0.717, 1.165) is 10.9 Å². The Morgan fingerprint density at radius 3 is 2.94 bits per heavy atom. The SMILES string of the molecule is CC(=O)NCCC=Cc1cccc(Br)c1C. The average molecular weight is 282 g/mol. The van der Waals surface area contributed by atoms with Gasteiger partial charge in [-0.3, -0.25) is 4.79 Å². The Labute approximate surface area is 105 Å². The average Bonchev–Trinajstić information content (AvgIpc) is 2.23. The van der Waals surface area contributed by atoms with E-state index in [2.05, 4.69) is 46.4 Å². The van der Waals surface area contributed by atoms with Gasteiger partial charge in [0.1, 0.15) is 0 Å². The van der Waals surface area contributed by atoms with E-state index < -0.39 is 0 Å². The summed E-state index contributed by atoms with van der Waals surface area (Å²) in [6.07, 6.45) is 5.01. The molecule has 86 valence electrons. The molecule has 2 nitrogen and oxygen atoms in total. The Balaban J connectivity index is 2.50. The number of carbonyl (C=O) groups excluding carboxylic acids is 1. The van der Waals surface area contributed by atoms with Crippen molar-refractivity contribution in [2.24, 2.45) is 0 Å². The molecule has 0 heterocycles. The first-order valence-corrected chi connectivity index (χ1v) is 6.06. The van der Waals surface area contributed by atoms with Gasteiger partial charge in [0.15, 0.2) is 0 Å². The molecule has 0 saturated heterocycles. The molecule has 0 fully saturated rings. The van der Waals surface area contributed by atoms with Crippen molar-refractivity contribution in [3.05, 3.63) is 39.9 Å². The lowest BCUT2D eigenvalue weighted by Gasteiger charge is -2.02. The van der Waals surface area contributed by atoms with Crippen LogP contribution >= 0.6 is 15.9 Å². The van der Waals surface area contributed by atoms with Gasteiger partial charge >= 0.3 is 0 Å². The number of carbonyl (C=O) groups is 1. The molecule has 1 aromatic carbocycles. The molecule has 0 aromatic heterocycles. The topological polar surface area (TPSA) is 29.1 Å². The van der Waals surface area contributed by atoms with Crippen molar-refractivity contribution < 1.29 is 4.79 Å². The molecule has 0 radical (unpaired) electrons. The van der Waals surface area contributed by atoms with E-state index >= 15 is 0 Å². The maximum Gasteiger partial charge on any atom is 0.216 e.